The number of hydrogen-bond acceptors (Lipinski definition) is 5. The van der Waals surface area contributed by atoms with Gasteiger partial charge in [-0.25, -0.2) is 0 Å². The second-order valence-corrected chi connectivity index (χ2v) is 3.91. The second kappa shape index (κ2) is 5.41. The minimum absolute atomic E-state index is 0.161. The third-order valence-electron chi connectivity index (χ3n) is 2.33. The number of aliphatic carboxylic acids is 1. The van der Waals surface area contributed by atoms with Crippen molar-refractivity contribution in [1.82, 2.24) is 5.32 Å². The molecule has 6 nitrogen and oxygen atoms in total. The van der Waals surface area contributed by atoms with Gasteiger partial charge in [-0.1, -0.05) is 0 Å². The van der Waals surface area contributed by atoms with Gasteiger partial charge < -0.3 is 25.4 Å². The van der Waals surface area contributed by atoms with Gasteiger partial charge in [0.2, 0.25) is 0 Å². The van der Waals surface area contributed by atoms with Gasteiger partial charge in [0.15, 0.2) is 0 Å². The van der Waals surface area contributed by atoms with Crippen LogP contribution in [0.25, 0.3) is 0 Å². The molecule has 0 aromatic rings. The lowest BCUT2D eigenvalue weighted by atomic mass is 10.0. The Morgan fingerprint density at radius 3 is 2.87 bits per heavy atom. The third kappa shape index (κ3) is 4.57. The Bertz CT molecular complexity index is 215. The normalized spacial score (nSPS) is 27.9. The van der Waals surface area contributed by atoms with Crippen LogP contribution in [0.4, 0.5) is 0 Å². The van der Waals surface area contributed by atoms with Crippen LogP contribution in [0.3, 0.4) is 0 Å². The molecule has 1 heterocycles. The molecular formula is C9H17NO5. The number of hydrogen-bond donors (Lipinski definition) is 4. The number of rotatable bonds is 6. The Kier molecular flexibility index (Phi) is 4.46. The monoisotopic (exact) mass is 219 g/mol. The van der Waals surface area contributed by atoms with Crippen LogP contribution >= 0.6 is 0 Å². The zero-order chi connectivity index (χ0) is 11.3. The molecule has 0 aromatic carbocycles. The van der Waals surface area contributed by atoms with Gasteiger partial charge in [-0.15, -0.1) is 0 Å². The molecule has 88 valence electrons. The molecule has 4 N–H and O–H groups in total. The van der Waals surface area contributed by atoms with Crippen LogP contribution in [0.2, 0.25) is 0 Å². The summed E-state index contributed by atoms with van der Waals surface area (Å²) in [6.07, 6.45) is -0.648. The smallest absolute Gasteiger partial charge is 0.306 e. The molecule has 0 aliphatic carbocycles. The van der Waals surface area contributed by atoms with Crippen LogP contribution in [-0.2, 0) is 9.53 Å². The van der Waals surface area contributed by atoms with E-state index in [1.54, 1.807) is 0 Å². The predicted octanol–water partition coefficient (Wildman–Crippen LogP) is -1.44. The summed E-state index contributed by atoms with van der Waals surface area (Å²) >= 11 is 0. The Hall–Kier alpha value is -0.690. The molecule has 0 saturated carbocycles. The average molecular weight is 219 g/mol. The van der Waals surface area contributed by atoms with E-state index in [2.05, 4.69) is 5.32 Å². The largest absolute Gasteiger partial charge is 0.481 e. The summed E-state index contributed by atoms with van der Waals surface area (Å²) in [5, 5.41) is 30.2. The SMILES string of the molecule is O=C(O)CC(O)CNCC1(O)CCOC1. The van der Waals surface area contributed by atoms with Crippen molar-refractivity contribution >= 4 is 5.97 Å². The number of carboxylic acids is 1. The molecule has 0 aromatic heterocycles. The van der Waals surface area contributed by atoms with Crippen molar-refractivity contribution in [1.29, 1.82) is 0 Å². The number of ether oxygens (including phenoxy) is 1. The molecule has 1 aliphatic rings. The topological polar surface area (TPSA) is 99.0 Å². The summed E-state index contributed by atoms with van der Waals surface area (Å²) in [6, 6.07) is 0. The highest BCUT2D eigenvalue weighted by Gasteiger charge is 2.31. The molecule has 1 saturated heterocycles. The van der Waals surface area contributed by atoms with Crippen LogP contribution < -0.4 is 5.32 Å². The van der Waals surface area contributed by atoms with E-state index in [0.717, 1.165) is 0 Å². The lowest BCUT2D eigenvalue weighted by Crippen LogP contribution is -2.43. The van der Waals surface area contributed by atoms with Crippen molar-refractivity contribution in [2.45, 2.75) is 24.5 Å². The standard InChI is InChI=1S/C9H17NO5/c11-7(3-8(12)13)4-10-5-9(14)1-2-15-6-9/h7,10-11,14H,1-6H2,(H,12,13). The Labute approximate surface area is 87.9 Å². The first-order valence-electron chi connectivity index (χ1n) is 4.92. The summed E-state index contributed by atoms with van der Waals surface area (Å²) < 4.78 is 5.04. The molecule has 1 aliphatic heterocycles. The van der Waals surface area contributed by atoms with Gasteiger partial charge in [-0.3, -0.25) is 4.79 Å². The fourth-order valence-corrected chi connectivity index (χ4v) is 1.48. The van der Waals surface area contributed by atoms with Crippen molar-refractivity contribution in [3.63, 3.8) is 0 Å². The number of nitrogens with one attached hydrogen (secondary N) is 1. The van der Waals surface area contributed by atoms with E-state index >= 15 is 0 Å². The molecule has 0 bridgehead atoms. The number of carboxylic acid groups (broad SMARTS) is 1. The van der Waals surface area contributed by atoms with Gasteiger partial charge in [0.1, 0.15) is 5.60 Å². The van der Waals surface area contributed by atoms with Crippen LogP contribution in [0.15, 0.2) is 0 Å². The van der Waals surface area contributed by atoms with Gasteiger partial charge in [-0.2, -0.15) is 0 Å². The predicted molar refractivity (Wildman–Crippen MR) is 51.5 cm³/mol. The zero-order valence-corrected chi connectivity index (χ0v) is 8.48. The maximum atomic E-state index is 10.2. The number of aliphatic hydroxyl groups excluding tert-OH is 1. The lowest BCUT2D eigenvalue weighted by molar-refractivity contribution is -0.139. The van der Waals surface area contributed by atoms with Crippen molar-refractivity contribution in [2.75, 3.05) is 26.3 Å². The van der Waals surface area contributed by atoms with Gasteiger partial charge >= 0.3 is 5.97 Å². The molecule has 0 spiro atoms. The van der Waals surface area contributed by atoms with Gasteiger partial charge in [0.05, 0.1) is 19.1 Å². The van der Waals surface area contributed by atoms with Crippen molar-refractivity contribution < 1.29 is 24.9 Å². The van der Waals surface area contributed by atoms with Crippen molar-refractivity contribution in [3.8, 4) is 0 Å². The summed E-state index contributed by atoms with van der Waals surface area (Å²) in [4.78, 5) is 10.2. The minimum Gasteiger partial charge on any atom is -0.481 e. The van der Waals surface area contributed by atoms with E-state index in [9.17, 15) is 15.0 Å². The highest BCUT2D eigenvalue weighted by Crippen LogP contribution is 2.16. The Balaban J connectivity index is 2.12. The molecule has 2 atom stereocenters. The number of aliphatic hydroxyl groups is 2. The van der Waals surface area contributed by atoms with E-state index in [-0.39, 0.29) is 19.6 Å². The molecule has 1 rings (SSSR count). The maximum absolute atomic E-state index is 10.2. The highest BCUT2D eigenvalue weighted by molar-refractivity contribution is 5.67. The molecule has 15 heavy (non-hydrogen) atoms. The zero-order valence-electron chi connectivity index (χ0n) is 8.48. The molecule has 1 fully saturated rings. The maximum Gasteiger partial charge on any atom is 0.306 e. The summed E-state index contributed by atoms with van der Waals surface area (Å²) in [6.45, 7) is 1.29. The van der Waals surface area contributed by atoms with Gasteiger partial charge in [-0.05, 0) is 0 Å². The van der Waals surface area contributed by atoms with Gasteiger partial charge in [0.25, 0.3) is 0 Å². The summed E-state index contributed by atoms with van der Waals surface area (Å²) in [7, 11) is 0. The van der Waals surface area contributed by atoms with Crippen LogP contribution in [0.1, 0.15) is 12.8 Å². The molecular weight excluding hydrogens is 202 g/mol. The molecule has 2 unspecified atom stereocenters. The first kappa shape index (κ1) is 12.4. The highest BCUT2D eigenvalue weighted by atomic mass is 16.5. The lowest BCUT2D eigenvalue weighted by Gasteiger charge is -2.21. The summed E-state index contributed by atoms with van der Waals surface area (Å²) in [5.74, 6) is -1.03. The second-order valence-electron chi connectivity index (χ2n) is 3.91. The van der Waals surface area contributed by atoms with Crippen LogP contribution in [-0.4, -0.2) is 59.3 Å². The fourth-order valence-electron chi connectivity index (χ4n) is 1.48. The first-order valence-corrected chi connectivity index (χ1v) is 4.92. The van der Waals surface area contributed by atoms with Crippen molar-refractivity contribution in [3.05, 3.63) is 0 Å². The first-order chi connectivity index (χ1) is 7.02. The van der Waals surface area contributed by atoms with E-state index in [1.165, 1.54) is 0 Å². The molecule has 6 heteroatoms. The van der Waals surface area contributed by atoms with Gasteiger partial charge in [0, 0.05) is 26.1 Å². The van der Waals surface area contributed by atoms with E-state index in [4.69, 9.17) is 9.84 Å². The Morgan fingerprint density at radius 1 is 1.60 bits per heavy atom. The summed E-state index contributed by atoms with van der Waals surface area (Å²) in [5.41, 5.74) is -0.872. The van der Waals surface area contributed by atoms with E-state index in [0.29, 0.717) is 19.6 Å². The Morgan fingerprint density at radius 2 is 2.33 bits per heavy atom. The fraction of sp³-hybridized carbons (Fsp3) is 0.889. The van der Waals surface area contributed by atoms with E-state index in [1.807, 2.05) is 0 Å². The third-order valence-corrected chi connectivity index (χ3v) is 2.33. The molecule has 0 amide bonds. The van der Waals surface area contributed by atoms with E-state index < -0.39 is 17.7 Å². The van der Waals surface area contributed by atoms with Crippen LogP contribution in [0, 0.1) is 0 Å². The minimum atomic E-state index is -1.03. The van der Waals surface area contributed by atoms with Crippen molar-refractivity contribution in [2.24, 2.45) is 0 Å². The molecule has 0 radical (unpaired) electrons. The number of carbonyl (C=O) groups is 1. The average Bonchev–Trinajstić information content (AvgIpc) is 2.51. The quantitative estimate of drug-likeness (QED) is 0.437. The van der Waals surface area contributed by atoms with Crippen LogP contribution in [0.5, 0.6) is 0 Å².